The summed E-state index contributed by atoms with van der Waals surface area (Å²) in [7, 11) is 4.17. The highest BCUT2D eigenvalue weighted by atomic mass is 35.5. The van der Waals surface area contributed by atoms with Gasteiger partial charge in [-0.3, -0.25) is 4.90 Å². The molecule has 5 heteroatoms. The summed E-state index contributed by atoms with van der Waals surface area (Å²) in [5, 5.41) is 0.688. The highest BCUT2D eigenvalue weighted by molar-refractivity contribution is 6.31. The third-order valence-electron chi connectivity index (χ3n) is 2.80. The Hall–Kier alpha value is -0.840. The van der Waals surface area contributed by atoms with Crippen LogP contribution in [0.1, 0.15) is 19.5 Å². The van der Waals surface area contributed by atoms with Crippen LogP contribution in [0.3, 0.4) is 0 Å². The minimum absolute atomic E-state index is 0.525. The lowest BCUT2D eigenvalue weighted by molar-refractivity contribution is 0.210. The van der Waals surface area contributed by atoms with Crippen molar-refractivity contribution >= 4 is 17.4 Å². The Balaban J connectivity index is 2.72. The largest absolute Gasteiger partial charge is 0.384 e. The number of hydrogen-bond donors (Lipinski definition) is 1. The van der Waals surface area contributed by atoms with Gasteiger partial charge in [0, 0.05) is 26.2 Å². The van der Waals surface area contributed by atoms with Crippen LogP contribution in [0.2, 0.25) is 5.02 Å². The van der Waals surface area contributed by atoms with Gasteiger partial charge in [-0.1, -0.05) is 25.4 Å². The molecular formula is C14H25ClN4. The first kappa shape index (κ1) is 16.2. The molecule has 0 aliphatic rings. The van der Waals surface area contributed by atoms with E-state index in [2.05, 4.69) is 42.7 Å². The fourth-order valence-corrected chi connectivity index (χ4v) is 2.08. The van der Waals surface area contributed by atoms with Gasteiger partial charge in [0.2, 0.25) is 0 Å². The maximum atomic E-state index is 6.18. The zero-order valence-electron chi connectivity index (χ0n) is 12.4. The number of nitrogen functional groups attached to an aromatic ring is 1. The molecule has 0 amide bonds. The average molecular weight is 285 g/mol. The van der Waals surface area contributed by atoms with E-state index < -0.39 is 0 Å². The zero-order valence-corrected chi connectivity index (χ0v) is 13.1. The molecule has 0 aliphatic carbocycles. The molecule has 1 aromatic rings. The third kappa shape index (κ3) is 6.23. The molecule has 0 unspecified atom stereocenters. The van der Waals surface area contributed by atoms with Crippen LogP contribution >= 0.6 is 11.6 Å². The molecule has 108 valence electrons. The Labute approximate surface area is 121 Å². The summed E-state index contributed by atoms with van der Waals surface area (Å²) in [6, 6.07) is 3.55. The Morgan fingerprint density at radius 2 is 1.95 bits per heavy atom. The van der Waals surface area contributed by atoms with E-state index in [0.717, 1.165) is 31.9 Å². The van der Waals surface area contributed by atoms with E-state index >= 15 is 0 Å². The minimum atomic E-state index is 0.525. The third-order valence-corrected chi connectivity index (χ3v) is 3.14. The smallest absolute Gasteiger partial charge is 0.123 e. The lowest BCUT2D eigenvalue weighted by Crippen LogP contribution is -2.34. The van der Waals surface area contributed by atoms with E-state index in [4.69, 9.17) is 17.3 Å². The van der Waals surface area contributed by atoms with Gasteiger partial charge in [0.05, 0.1) is 10.7 Å². The normalized spacial score (nSPS) is 11.8. The minimum Gasteiger partial charge on any atom is -0.384 e. The Bertz CT molecular complexity index is 393. The lowest BCUT2D eigenvalue weighted by Gasteiger charge is -2.25. The quantitative estimate of drug-likeness (QED) is 0.835. The number of pyridine rings is 1. The van der Waals surface area contributed by atoms with Crippen molar-refractivity contribution in [2.75, 3.05) is 39.5 Å². The van der Waals surface area contributed by atoms with E-state index in [0.29, 0.717) is 16.8 Å². The fourth-order valence-electron chi connectivity index (χ4n) is 1.92. The fraction of sp³-hybridized carbons (Fsp3) is 0.643. The monoisotopic (exact) mass is 284 g/mol. The van der Waals surface area contributed by atoms with Crippen LogP contribution in [0, 0.1) is 5.92 Å². The molecular weight excluding hydrogens is 260 g/mol. The first-order valence-corrected chi connectivity index (χ1v) is 7.04. The summed E-state index contributed by atoms with van der Waals surface area (Å²) < 4.78 is 0. The van der Waals surface area contributed by atoms with Crippen molar-refractivity contribution in [2.24, 2.45) is 5.92 Å². The number of aromatic nitrogens is 1. The second-order valence-corrected chi connectivity index (χ2v) is 6.00. The summed E-state index contributed by atoms with van der Waals surface area (Å²) in [6.07, 6.45) is 0. The van der Waals surface area contributed by atoms with Gasteiger partial charge in [-0.15, -0.1) is 0 Å². The number of nitrogens with zero attached hydrogens (tertiary/aromatic N) is 3. The lowest BCUT2D eigenvalue weighted by atomic mass is 10.2. The molecule has 0 spiro atoms. The molecule has 0 atom stereocenters. The van der Waals surface area contributed by atoms with Gasteiger partial charge in [-0.25, -0.2) is 4.98 Å². The van der Waals surface area contributed by atoms with Gasteiger partial charge >= 0.3 is 0 Å². The van der Waals surface area contributed by atoms with Crippen LogP contribution in [0.4, 0.5) is 5.82 Å². The summed E-state index contributed by atoms with van der Waals surface area (Å²) >= 11 is 6.18. The summed E-state index contributed by atoms with van der Waals surface area (Å²) in [5.41, 5.74) is 6.59. The van der Waals surface area contributed by atoms with Crippen molar-refractivity contribution in [1.29, 1.82) is 0 Å². The van der Waals surface area contributed by atoms with E-state index in [-0.39, 0.29) is 0 Å². The van der Waals surface area contributed by atoms with E-state index in [1.165, 1.54) is 0 Å². The number of anilines is 1. The highest BCUT2D eigenvalue weighted by Crippen LogP contribution is 2.17. The van der Waals surface area contributed by atoms with Gasteiger partial charge < -0.3 is 10.6 Å². The number of halogens is 1. The Morgan fingerprint density at radius 1 is 1.26 bits per heavy atom. The SMILES string of the molecule is CC(C)CN(CCN(C)C)Cc1nc(N)ccc1Cl. The Kier molecular flexibility index (Phi) is 6.55. The summed E-state index contributed by atoms with van der Waals surface area (Å²) in [4.78, 5) is 8.89. The van der Waals surface area contributed by atoms with Crippen LogP contribution in [-0.4, -0.2) is 48.5 Å². The van der Waals surface area contributed by atoms with Crippen LogP contribution in [0.15, 0.2) is 12.1 Å². The molecule has 0 aromatic carbocycles. The molecule has 0 saturated heterocycles. The van der Waals surface area contributed by atoms with Crippen molar-refractivity contribution in [3.63, 3.8) is 0 Å². The number of hydrogen-bond acceptors (Lipinski definition) is 4. The molecule has 1 heterocycles. The molecule has 1 rings (SSSR count). The average Bonchev–Trinajstić information content (AvgIpc) is 2.30. The van der Waals surface area contributed by atoms with Gasteiger partial charge in [0.15, 0.2) is 0 Å². The molecule has 4 nitrogen and oxygen atoms in total. The van der Waals surface area contributed by atoms with Gasteiger partial charge in [0.1, 0.15) is 5.82 Å². The second kappa shape index (κ2) is 7.68. The molecule has 0 radical (unpaired) electrons. The van der Waals surface area contributed by atoms with Gasteiger partial charge in [0.25, 0.3) is 0 Å². The number of nitrogens with two attached hydrogens (primary N) is 1. The number of rotatable bonds is 7. The van der Waals surface area contributed by atoms with E-state index in [1.54, 1.807) is 6.07 Å². The molecule has 19 heavy (non-hydrogen) atoms. The van der Waals surface area contributed by atoms with Crippen molar-refractivity contribution in [2.45, 2.75) is 20.4 Å². The zero-order chi connectivity index (χ0) is 14.4. The van der Waals surface area contributed by atoms with E-state index in [9.17, 15) is 0 Å². The van der Waals surface area contributed by atoms with Gasteiger partial charge in [-0.2, -0.15) is 0 Å². The number of likely N-dealkylation sites (N-methyl/N-ethyl adjacent to an activating group) is 1. The van der Waals surface area contributed by atoms with Crippen LogP contribution in [0.5, 0.6) is 0 Å². The molecule has 2 N–H and O–H groups in total. The van der Waals surface area contributed by atoms with Crippen molar-refractivity contribution < 1.29 is 0 Å². The first-order valence-electron chi connectivity index (χ1n) is 6.66. The molecule has 0 bridgehead atoms. The summed E-state index contributed by atoms with van der Waals surface area (Å²) in [5.74, 6) is 1.14. The predicted octanol–water partition coefficient (Wildman–Crippen LogP) is 2.34. The molecule has 0 saturated carbocycles. The second-order valence-electron chi connectivity index (χ2n) is 5.60. The van der Waals surface area contributed by atoms with Crippen molar-refractivity contribution in [3.05, 3.63) is 22.8 Å². The van der Waals surface area contributed by atoms with Crippen LogP contribution in [0.25, 0.3) is 0 Å². The standard InChI is InChI=1S/C14H25ClN4/c1-11(2)9-19(8-7-18(3)4)10-13-12(15)5-6-14(16)17-13/h5-6,11H,7-10H2,1-4H3,(H2,16,17). The maximum absolute atomic E-state index is 6.18. The first-order chi connectivity index (χ1) is 8.88. The highest BCUT2D eigenvalue weighted by Gasteiger charge is 2.12. The van der Waals surface area contributed by atoms with Crippen molar-refractivity contribution in [3.8, 4) is 0 Å². The van der Waals surface area contributed by atoms with Crippen LogP contribution in [-0.2, 0) is 6.54 Å². The van der Waals surface area contributed by atoms with E-state index in [1.807, 2.05) is 6.07 Å². The topological polar surface area (TPSA) is 45.4 Å². The molecule has 0 aliphatic heterocycles. The predicted molar refractivity (Wildman–Crippen MR) is 82.3 cm³/mol. The maximum Gasteiger partial charge on any atom is 0.123 e. The van der Waals surface area contributed by atoms with Gasteiger partial charge in [-0.05, 0) is 32.1 Å². The van der Waals surface area contributed by atoms with Crippen molar-refractivity contribution in [1.82, 2.24) is 14.8 Å². The van der Waals surface area contributed by atoms with Crippen LogP contribution < -0.4 is 5.73 Å². The molecule has 1 aromatic heterocycles. The Morgan fingerprint density at radius 3 is 2.53 bits per heavy atom. The summed E-state index contributed by atoms with van der Waals surface area (Å²) in [6.45, 7) is 8.23. The molecule has 0 fully saturated rings.